The Bertz CT molecular complexity index is 416. The lowest BCUT2D eigenvalue weighted by Crippen LogP contribution is -2.29. The van der Waals surface area contributed by atoms with Gasteiger partial charge in [-0.1, -0.05) is 6.07 Å². The van der Waals surface area contributed by atoms with Crippen LogP contribution in [0.3, 0.4) is 0 Å². The van der Waals surface area contributed by atoms with Crippen LogP contribution in [0.4, 0.5) is 13.2 Å². The van der Waals surface area contributed by atoms with E-state index in [2.05, 4.69) is 4.84 Å². The quantitative estimate of drug-likeness (QED) is 0.833. The smallest absolute Gasteiger partial charge is 0.267 e. The number of benzene rings is 1. The van der Waals surface area contributed by atoms with Crippen molar-refractivity contribution in [3.8, 4) is 0 Å². The minimum atomic E-state index is -4.46. The summed E-state index contributed by atoms with van der Waals surface area (Å²) in [5, 5.41) is 0. The standard InChI is InChI=1S/C11H12F3NO2/c1-7-3-4-9(5-8(7)2)10(16)15-17-6-11(12,13)14/h3-5H,6H2,1-2H3,(H,15,16). The maximum atomic E-state index is 11.7. The van der Waals surface area contributed by atoms with Gasteiger partial charge in [-0.3, -0.25) is 9.63 Å². The number of hydrogen-bond acceptors (Lipinski definition) is 2. The molecule has 94 valence electrons. The van der Waals surface area contributed by atoms with E-state index < -0.39 is 18.7 Å². The first-order chi connectivity index (χ1) is 7.79. The number of aryl methyl sites for hydroxylation is 2. The summed E-state index contributed by atoms with van der Waals surface area (Å²) in [6, 6.07) is 4.82. The molecule has 0 fully saturated rings. The zero-order valence-electron chi connectivity index (χ0n) is 9.39. The largest absolute Gasteiger partial charge is 0.414 e. The van der Waals surface area contributed by atoms with E-state index in [1.165, 1.54) is 6.07 Å². The normalized spacial score (nSPS) is 11.4. The number of halogens is 3. The van der Waals surface area contributed by atoms with E-state index in [4.69, 9.17) is 0 Å². The molecule has 0 aromatic heterocycles. The number of amides is 1. The highest BCUT2D eigenvalue weighted by atomic mass is 19.4. The Morgan fingerprint density at radius 3 is 2.47 bits per heavy atom. The number of nitrogens with one attached hydrogen (secondary N) is 1. The van der Waals surface area contributed by atoms with Gasteiger partial charge >= 0.3 is 6.18 Å². The molecule has 1 rings (SSSR count). The maximum absolute atomic E-state index is 11.7. The molecule has 0 atom stereocenters. The Balaban J connectivity index is 2.56. The molecule has 0 radical (unpaired) electrons. The number of hydrogen-bond donors (Lipinski definition) is 1. The first kappa shape index (κ1) is 13.5. The molecule has 0 aliphatic heterocycles. The van der Waals surface area contributed by atoms with Crippen molar-refractivity contribution in [1.29, 1.82) is 0 Å². The second kappa shape index (κ2) is 5.18. The molecule has 3 nitrogen and oxygen atoms in total. The van der Waals surface area contributed by atoms with Crippen molar-refractivity contribution >= 4 is 5.91 Å². The highest BCUT2D eigenvalue weighted by molar-refractivity contribution is 5.93. The van der Waals surface area contributed by atoms with Gasteiger partial charge in [-0.05, 0) is 37.1 Å². The number of alkyl halides is 3. The summed E-state index contributed by atoms with van der Waals surface area (Å²) in [5.74, 6) is -0.697. The third-order valence-corrected chi connectivity index (χ3v) is 2.17. The first-order valence-corrected chi connectivity index (χ1v) is 4.86. The van der Waals surface area contributed by atoms with Crippen LogP contribution in [0, 0.1) is 13.8 Å². The van der Waals surface area contributed by atoms with Crippen LogP contribution in [0.15, 0.2) is 18.2 Å². The van der Waals surface area contributed by atoms with Crippen molar-refractivity contribution < 1.29 is 22.8 Å². The zero-order valence-corrected chi connectivity index (χ0v) is 9.39. The van der Waals surface area contributed by atoms with E-state index in [1.807, 2.05) is 13.8 Å². The molecule has 0 aliphatic rings. The number of rotatable bonds is 3. The molecule has 0 saturated carbocycles. The summed E-state index contributed by atoms with van der Waals surface area (Å²) in [5.41, 5.74) is 3.88. The zero-order chi connectivity index (χ0) is 13.1. The first-order valence-electron chi connectivity index (χ1n) is 4.86. The van der Waals surface area contributed by atoms with Gasteiger partial charge in [0.15, 0.2) is 6.61 Å². The Hall–Kier alpha value is -1.56. The van der Waals surface area contributed by atoms with Crippen molar-refractivity contribution in [3.05, 3.63) is 34.9 Å². The highest BCUT2D eigenvalue weighted by Crippen LogP contribution is 2.14. The minimum absolute atomic E-state index is 0.260. The van der Waals surface area contributed by atoms with Gasteiger partial charge in [-0.2, -0.15) is 13.2 Å². The lowest BCUT2D eigenvalue weighted by atomic mass is 10.1. The molecular weight excluding hydrogens is 235 g/mol. The minimum Gasteiger partial charge on any atom is -0.267 e. The molecule has 0 saturated heterocycles. The lowest BCUT2D eigenvalue weighted by molar-refractivity contribution is -0.184. The van der Waals surface area contributed by atoms with Gasteiger partial charge in [0, 0.05) is 5.56 Å². The van der Waals surface area contributed by atoms with E-state index in [0.717, 1.165) is 11.1 Å². The van der Waals surface area contributed by atoms with E-state index in [1.54, 1.807) is 17.6 Å². The SMILES string of the molecule is Cc1ccc(C(=O)NOCC(F)(F)F)cc1C. The molecule has 6 heteroatoms. The average molecular weight is 247 g/mol. The molecule has 1 N–H and O–H groups in total. The second-order valence-corrected chi connectivity index (χ2v) is 3.63. The molecule has 1 amide bonds. The molecule has 0 aliphatic carbocycles. The average Bonchev–Trinajstić information content (AvgIpc) is 2.20. The van der Waals surface area contributed by atoms with Crippen LogP contribution in [-0.2, 0) is 4.84 Å². The van der Waals surface area contributed by atoms with Crippen molar-refractivity contribution in [2.24, 2.45) is 0 Å². The summed E-state index contributed by atoms with van der Waals surface area (Å²) in [7, 11) is 0. The Kier molecular flexibility index (Phi) is 4.11. The molecule has 1 aromatic carbocycles. The molecule has 0 unspecified atom stereocenters. The van der Waals surface area contributed by atoms with Crippen LogP contribution >= 0.6 is 0 Å². The Labute approximate surface area is 96.5 Å². The van der Waals surface area contributed by atoms with Crippen LogP contribution in [0.2, 0.25) is 0 Å². The fourth-order valence-corrected chi connectivity index (χ4v) is 1.13. The number of carbonyl (C=O) groups excluding carboxylic acids is 1. The summed E-state index contributed by atoms with van der Waals surface area (Å²) >= 11 is 0. The third kappa shape index (κ3) is 4.44. The second-order valence-electron chi connectivity index (χ2n) is 3.63. The molecular formula is C11H12F3NO2. The summed E-state index contributed by atoms with van der Waals surface area (Å²) in [4.78, 5) is 15.5. The van der Waals surface area contributed by atoms with Crippen LogP contribution in [0.1, 0.15) is 21.5 Å². The summed E-state index contributed by atoms with van der Waals surface area (Å²) < 4.78 is 35.2. The van der Waals surface area contributed by atoms with Crippen molar-refractivity contribution in [2.45, 2.75) is 20.0 Å². The fourth-order valence-electron chi connectivity index (χ4n) is 1.13. The Morgan fingerprint density at radius 1 is 1.29 bits per heavy atom. The highest BCUT2D eigenvalue weighted by Gasteiger charge is 2.28. The summed E-state index contributed by atoms with van der Waals surface area (Å²) in [6.07, 6.45) is -4.46. The molecule has 0 heterocycles. The van der Waals surface area contributed by atoms with E-state index in [-0.39, 0.29) is 5.56 Å². The predicted octanol–water partition coefficient (Wildman–Crippen LogP) is 2.53. The van der Waals surface area contributed by atoms with Crippen molar-refractivity contribution in [2.75, 3.05) is 6.61 Å². The number of carbonyl (C=O) groups is 1. The van der Waals surface area contributed by atoms with Crippen LogP contribution in [0.25, 0.3) is 0 Å². The number of hydroxylamine groups is 1. The summed E-state index contributed by atoms with van der Waals surface area (Å²) in [6.45, 7) is 2.17. The lowest BCUT2D eigenvalue weighted by Gasteiger charge is -2.09. The van der Waals surface area contributed by atoms with Crippen molar-refractivity contribution in [3.63, 3.8) is 0 Å². The van der Waals surface area contributed by atoms with E-state index in [0.29, 0.717) is 0 Å². The molecule has 1 aromatic rings. The monoisotopic (exact) mass is 247 g/mol. The van der Waals surface area contributed by atoms with Crippen LogP contribution < -0.4 is 5.48 Å². The van der Waals surface area contributed by atoms with Gasteiger partial charge in [0.05, 0.1) is 0 Å². The molecule has 17 heavy (non-hydrogen) atoms. The van der Waals surface area contributed by atoms with Crippen LogP contribution in [-0.4, -0.2) is 18.7 Å². The van der Waals surface area contributed by atoms with E-state index >= 15 is 0 Å². The molecule has 0 spiro atoms. The molecule has 0 bridgehead atoms. The third-order valence-electron chi connectivity index (χ3n) is 2.17. The van der Waals surface area contributed by atoms with Gasteiger partial charge in [0.25, 0.3) is 5.91 Å². The topological polar surface area (TPSA) is 38.3 Å². The maximum Gasteiger partial charge on any atom is 0.414 e. The van der Waals surface area contributed by atoms with Crippen molar-refractivity contribution in [1.82, 2.24) is 5.48 Å². The fraction of sp³-hybridized carbons (Fsp3) is 0.364. The van der Waals surface area contributed by atoms with Gasteiger partial charge in [-0.25, -0.2) is 5.48 Å². The van der Waals surface area contributed by atoms with Gasteiger partial charge in [-0.15, -0.1) is 0 Å². The predicted molar refractivity (Wildman–Crippen MR) is 55.4 cm³/mol. The van der Waals surface area contributed by atoms with E-state index in [9.17, 15) is 18.0 Å². The van der Waals surface area contributed by atoms with Crippen LogP contribution in [0.5, 0.6) is 0 Å². The Morgan fingerprint density at radius 2 is 1.94 bits per heavy atom. The van der Waals surface area contributed by atoms with Gasteiger partial charge in [0.1, 0.15) is 0 Å². The van der Waals surface area contributed by atoms with Gasteiger partial charge in [0.2, 0.25) is 0 Å². The van der Waals surface area contributed by atoms with Gasteiger partial charge < -0.3 is 0 Å².